The molecular formula is C8H15N2O2. The molecular weight excluding hydrogens is 156 g/mol. The first kappa shape index (κ1) is 9.48. The second-order valence-corrected chi connectivity index (χ2v) is 2.90. The summed E-state index contributed by atoms with van der Waals surface area (Å²) in [4.78, 5) is 10.7. The number of carbonyl (C=O) groups is 1. The summed E-state index contributed by atoms with van der Waals surface area (Å²) in [7, 11) is 1.40. The number of nitrogens with one attached hydrogen (secondary N) is 1. The highest BCUT2D eigenvalue weighted by atomic mass is 16.5. The Hall–Kier alpha value is -0.610. The van der Waals surface area contributed by atoms with E-state index in [1.807, 2.05) is 0 Å². The van der Waals surface area contributed by atoms with E-state index < -0.39 is 0 Å². The SMILES string of the molecule is COC(=O)CNC1CC[N]CC1. The standard InChI is InChI=1S/C8H15N2O2/c1-12-8(11)6-10-7-2-4-9-5-3-7/h7,10H,2-6H2,1H3. The van der Waals surface area contributed by atoms with E-state index in [-0.39, 0.29) is 5.97 Å². The van der Waals surface area contributed by atoms with Crippen molar-refractivity contribution in [3.8, 4) is 0 Å². The third-order valence-electron chi connectivity index (χ3n) is 2.03. The molecule has 0 aromatic heterocycles. The maximum Gasteiger partial charge on any atom is 0.319 e. The summed E-state index contributed by atoms with van der Waals surface area (Å²) in [5, 5.41) is 7.36. The Morgan fingerprint density at radius 3 is 2.83 bits per heavy atom. The van der Waals surface area contributed by atoms with Gasteiger partial charge >= 0.3 is 5.97 Å². The van der Waals surface area contributed by atoms with Crippen LogP contribution in [0.2, 0.25) is 0 Å². The molecule has 1 aliphatic heterocycles. The predicted octanol–water partition coefficient (Wildman–Crippen LogP) is -0.484. The predicted molar refractivity (Wildman–Crippen MR) is 44.9 cm³/mol. The summed E-state index contributed by atoms with van der Waals surface area (Å²) in [5.74, 6) is -0.197. The molecule has 0 unspecified atom stereocenters. The Balaban J connectivity index is 2.09. The van der Waals surface area contributed by atoms with Gasteiger partial charge in [-0.05, 0) is 12.8 Å². The maximum atomic E-state index is 10.7. The van der Waals surface area contributed by atoms with Crippen molar-refractivity contribution in [2.45, 2.75) is 18.9 Å². The highest BCUT2D eigenvalue weighted by Gasteiger charge is 2.13. The fraction of sp³-hybridized carbons (Fsp3) is 0.875. The van der Waals surface area contributed by atoms with Gasteiger partial charge in [-0.25, -0.2) is 5.32 Å². The number of hydrogen-bond acceptors (Lipinski definition) is 3. The van der Waals surface area contributed by atoms with Crippen LogP contribution < -0.4 is 10.6 Å². The average molecular weight is 171 g/mol. The Morgan fingerprint density at radius 1 is 1.58 bits per heavy atom. The fourth-order valence-electron chi connectivity index (χ4n) is 1.25. The van der Waals surface area contributed by atoms with Crippen molar-refractivity contribution in [2.24, 2.45) is 0 Å². The zero-order chi connectivity index (χ0) is 8.81. The van der Waals surface area contributed by atoms with Crippen LogP contribution >= 0.6 is 0 Å². The number of methoxy groups -OCH3 is 1. The summed E-state index contributed by atoms with van der Waals surface area (Å²) < 4.78 is 4.52. The summed E-state index contributed by atoms with van der Waals surface area (Å²) in [5.41, 5.74) is 0. The van der Waals surface area contributed by atoms with Gasteiger partial charge in [-0.2, -0.15) is 0 Å². The van der Waals surface area contributed by atoms with Gasteiger partial charge in [0.1, 0.15) is 0 Å². The van der Waals surface area contributed by atoms with E-state index in [0.29, 0.717) is 12.6 Å². The van der Waals surface area contributed by atoms with E-state index in [4.69, 9.17) is 0 Å². The third kappa shape index (κ3) is 3.19. The van der Waals surface area contributed by atoms with Crippen molar-refractivity contribution >= 4 is 5.97 Å². The van der Waals surface area contributed by atoms with E-state index >= 15 is 0 Å². The minimum Gasteiger partial charge on any atom is -0.468 e. The van der Waals surface area contributed by atoms with E-state index in [1.165, 1.54) is 7.11 Å². The minimum atomic E-state index is -0.197. The summed E-state index contributed by atoms with van der Waals surface area (Å²) in [6.07, 6.45) is 2.08. The van der Waals surface area contributed by atoms with Gasteiger partial charge in [-0.15, -0.1) is 0 Å². The van der Waals surface area contributed by atoms with Crippen LogP contribution in [0.15, 0.2) is 0 Å². The molecule has 1 heterocycles. The topological polar surface area (TPSA) is 52.4 Å². The first-order valence-corrected chi connectivity index (χ1v) is 4.26. The molecule has 1 aliphatic rings. The van der Waals surface area contributed by atoms with E-state index in [9.17, 15) is 4.79 Å². The molecule has 12 heavy (non-hydrogen) atoms. The first-order chi connectivity index (χ1) is 5.83. The highest BCUT2D eigenvalue weighted by molar-refractivity contribution is 5.71. The molecule has 0 bridgehead atoms. The molecule has 0 amide bonds. The molecule has 1 N–H and O–H groups in total. The van der Waals surface area contributed by atoms with E-state index in [2.05, 4.69) is 15.4 Å². The van der Waals surface area contributed by atoms with Crippen molar-refractivity contribution in [2.75, 3.05) is 26.7 Å². The van der Waals surface area contributed by atoms with Gasteiger partial charge in [0.05, 0.1) is 13.7 Å². The lowest BCUT2D eigenvalue weighted by molar-refractivity contribution is -0.139. The van der Waals surface area contributed by atoms with Crippen LogP contribution in [0.4, 0.5) is 0 Å². The Kier molecular flexibility index (Phi) is 4.04. The average Bonchev–Trinajstić information content (AvgIpc) is 2.16. The largest absolute Gasteiger partial charge is 0.468 e. The number of carbonyl (C=O) groups excluding carboxylic acids is 1. The molecule has 1 rings (SSSR count). The van der Waals surface area contributed by atoms with E-state index in [1.54, 1.807) is 0 Å². The fourth-order valence-corrected chi connectivity index (χ4v) is 1.25. The van der Waals surface area contributed by atoms with Crippen LogP contribution in [0.3, 0.4) is 0 Å². The molecule has 69 valence electrons. The van der Waals surface area contributed by atoms with Crippen molar-refractivity contribution < 1.29 is 9.53 Å². The summed E-state index contributed by atoms with van der Waals surface area (Å²) in [6, 6.07) is 0.446. The van der Waals surface area contributed by atoms with Crippen molar-refractivity contribution in [1.29, 1.82) is 0 Å². The second kappa shape index (κ2) is 5.11. The first-order valence-electron chi connectivity index (χ1n) is 4.26. The molecule has 0 aromatic carbocycles. The van der Waals surface area contributed by atoms with Crippen LogP contribution in [0.25, 0.3) is 0 Å². The van der Waals surface area contributed by atoms with Crippen molar-refractivity contribution in [3.63, 3.8) is 0 Å². The number of hydrogen-bond donors (Lipinski definition) is 1. The maximum absolute atomic E-state index is 10.7. The van der Waals surface area contributed by atoms with Crippen LogP contribution in [0, 0.1) is 0 Å². The normalized spacial score (nSPS) is 19.1. The molecule has 0 aromatic rings. The molecule has 0 spiro atoms. The van der Waals surface area contributed by atoms with Crippen LogP contribution in [0.1, 0.15) is 12.8 Å². The molecule has 1 saturated heterocycles. The monoisotopic (exact) mass is 171 g/mol. The zero-order valence-corrected chi connectivity index (χ0v) is 7.38. The van der Waals surface area contributed by atoms with Gasteiger partial charge in [-0.1, -0.05) is 0 Å². The van der Waals surface area contributed by atoms with Gasteiger partial charge in [0.25, 0.3) is 0 Å². The number of esters is 1. The summed E-state index contributed by atoms with van der Waals surface area (Å²) in [6.45, 7) is 2.15. The summed E-state index contributed by atoms with van der Waals surface area (Å²) >= 11 is 0. The number of rotatable bonds is 3. The Labute approximate surface area is 72.7 Å². The van der Waals surface area contributed by atoms with Gasteiger partial charge in [-0.3, -0.25) is 4.79 Å². The van der Waals surface area contributed by atoms with Crippen LogP contribution in [-0.4, -0.2) is 38.8 Å². The van der Waals surface area contributed by atoms with Crippen LogP contribution in [0.5, 0.6) is 0 Å². The number of nitrogens with zero attached hydrogens (tertiary/aromatic N) is 1. The molecule has 4 nitrogen and oxygen atoms in total. The lowest BCUT2D eigenvalue weighted by Gasteiger charge is -2.21. The second-order valence-electron chi connectivity index (χ2n) is 2.90. The van der Waals surface area contributed by atoms with Gasteiger partial charge in [0.15, 0.2) is 0 Å². The lowest BCUT2D eigenvalue weighted by atomic mass is 10.1. The Bertz CT molecular complexity index is 144. The molecule has 0 atom stereocenters. The van der Waals surface area contributed by atoms with Crippen molar-refractivity contribution in [3.05, 3.63) is 0 Å². The van der Waals surface area contributed by atoms with Crippen molar-refractivity contribution in [1.82, 2.24) is 10.6 Å². The molecule has 1 fully saturated rings. The Morgan fingerprint density at radius 2 is 2.25 bits per heavy atom. The number of ether oxygens (including phenoxy) is 1. The van der Waals surface area contributed by atoms with Gasteiger partial charge in [0.2, 0.25) is 0 Å². The van der Waals surface area contributed by atoms with Crippen LogP contribution in [-0.2, 0) is 9.53 Å². The minimum absolute atomic E-state index is 0.197. The molecule has 0 aliphatic carbocycles. The molecule has 4 heteroatoms. The molecule has 1 radical (unpaired) electrons. The van der Waals surface area contributed by atoms with Gasteiger partial charge < -0.3 is 10.1 Å². The number of piperidine rings is 1. The zero-order valence-electron chi connectivity index (χ0n) is 7.38. The quantitative estimate of drug-likeness (QED) is 0.583. The smallest absolute Gasteiger partial charge is 0.319 e. The molecule has 0 saturated carbocycles. The third-order valence-corrected chi connectivity index (χ3v) is 2.03. The highest BCUT2D eigenvalue weighted by Crippen LogP contribution is 2.02. The van der Waals surface area contributed by atoms with Gasteiger partial charge in [0, 0.05) is 19.1 Å². The van der Waals surface area contributed by atoms with E-state index in [0.717, 1.165) is 25.9 Å². The lowest BCUT2D eigenvalue weighted by Crippen LogP contribution is -2.40.